The first-order valence-electron chi connectivity index (χ1n) is 7.32. The molecular weight excluding hydrogens is 239 g/mol. The van der Waals surface area contributed by atoms with Crippen molar-refractivity contribution in [3.05, 3.63) is 35.6 Å². The third kappa shape index (κ3) is 3.34. The fraction of sp³-hybridized carbons (Fsp3) is 0.625. The van der Waals surface area contributed by atoms with Crippen molar-refractivity contribution < 1.29 is 4.39 Å². The van der Waals surface area contributed by atoms with E-state index in [9.17, 15) is 4.39 Å². The van der Waals surface area contributed by atoms with Gasteiger partial charge in [0.05, 0.1) is 0 Å². The molecule has 0 bridgehead atoms. The third-order valence-electron chi connectivity index (χ3n) is 4.77. The molecule has 1 heterocycles. The van der Waals surface area contributed by atoms with E-state index in [2.05, 4.69) is 18.7 Å². The van der Waals surface area contributed by atoms with Crippen LogP contribution in [0, 0.1) is 11.2 Å². The third-order valence-corrected chi connectivity index (χ3v) is 4.77. The van der Waals surface area contributed by atoms with E-state index in [1.807, 2.05) is 0 Å². The van der Waals surface area contributed by atoms with E-state index < -0.39 is 0 Å². The smallest absolute Gasteiger partial charge is 0.123 e. The van der Waals surface area contributed by atoms with Crippen molar-refractivity contribution in [3.63, 3.8) is 0 Å². The number of rotatable bonds is 5. The first kappa shape index (κ1) is 14.5. The average molecular weight is 264 g/mol. The van der Waals surface area contributed by atoms with Gasteiger partial charge in [-0.3, -0.25) is 0 Å². The second-order valence-electron chi connectivity index (χ2n) is 5.85. The molecule has 1 aliphatic rings. The quantitative estimate of drug-likeness (QED) is 0.884. The lowest BCUT2D eigenvalue weighted by molar-refractivity contribution is 0.233. The second-order valence-corrected chi connectivity index (χ2v) is 5.85. The van der Waals surface area contributed by atoms with Crippen LogP contribution in [0.4, 0.5) is 4.39 Å². The van der Waals surface area contributed by atoms with Crippen molar-refractivity contribution in [2.24, 2.45) is 11.1 Å². The molecular formula is C16H25FN2. The predicted octanol–water partition coefficient (Wildman–Crippen LogP) is 3.34. The topological polar surface area (TPSA) is 29.3 Å². The number of hydrogen-bond acceptors (Lipinski definition) is 2. The number of nitrogens with two attached hydrogens (primary N) is 1. The Morgan fingerprint density at radius 2 is 1.89 bits per heavy atom. The molecule has 1 aromatic carbocycles. The van der Waals surface area contributed by atoms with Crippen LogP contribution in [0.2, 0.25) is 0 Å². The summed E-state index contributed by atoms with van der Waals surface area (Å²) in [5.41, 5.74) is 7.74. The maximum atomic E-state index is 12.9. The van der Waals surface area contributed by atoms with Gasteiger partial charge in [-0.2, -0.15) is 0 Å². The lowest BCUT2D eigenvalue weighted by Crippen LogP contribution is -2.32. The number of nitrogens with zero attached hydrogens (tertiary/aromatic N) is 1. The highest BCUT2D eigenvalue weighted by Crippen LogP contribution is 2.37. The molecule has 1 aromatic rings. The zero-order valence-corrected chi connectivity index (χ0v) is 12.0. The Morgan fingerprint density at radius 1 is 1.26 bits per heavy atom. The molecule has 0 saturated carbocycles. The highest BCUT2D eigenvalue weighted by molar-refractivity contribution is 5.19. The Bertz CT molecular complexity index is 398. The van der Waals surface area contributed by atoms with E-state index in [-0.39, 0.29) is 11.9 Å². The number of benzene rings is 1. The Morgan fingerprint density at radius 3 is 2.42 bits per heavy atom. The predicted molar refractivity (Wildman–Crippen MR) is 77.4 cm³/mol. The van der Waals surface area contributed by atoms with E-state index >= 15 is 0 Å². The Kier molecular flexibility index (Phi) is 4.58. The second kappa shape index (κ2) is 6.02. The van der Waals surface area contributed by atoms with Gasteiger partial charge in [-0.1, -0.05) is 26.0 Å². The van der Waals surface area contributed by atoms with Crippen LogP contribution in [0.15, 0.2) is 24.3 Å². The van der Waals surface area contributed by atoms with Gasteiger partial charge in [0.2, 0.25) is 0 Å². The van der Waals surface area contributed by atoms with Crippen LogP contribution in [-0.4, -0.2) is 24.5 Å². The minimum atomic E-state index is -0.201. The van der Waals surface area contributed by atoms with Crippen molar-refractivity contribution in [1.82, 2.24) is 4.90 Å². The minimum Gasteiger partial charge on any atom is -0.323 e. The summed E-state index contributed by atoms with van der Waals surface area (Å²) in [6, 6.07) is 6.54. The maximum Gasteiger partial charge on any atom is 0.123 e. The Balaban J connectivity index is 1.93. The van der Waals surface area contributed by atoms with E-state index in [0.717, 1.165) is 25.2 Å². The van der Waals surface area contributed by atoms with Crippen LogP contribution in [0.25, 0.3) is 0 Å². The molecule has 0 aliphatic carbocycles. The zero-order chi connectivity index (χ0) is 13.9. The highest BCUT2D eigenvalue weighted by Gasteiger charge is 2.35. The van der Waals surface area contributed by atoms with Gasteiger partial charge in [0.1, 0.15) is 5.82 Å². The van der Waals surface area contributed by atoms with Gasteiger partial charge in [-0.05, 0) is 48.9 Å². The molecule has 1 aliphatic heterocycles. The summed E-state index contributed by atoms with van der Waals surface area (Å²) in [7, 11) is 0. The van der Waals surface area contributed by atoms with Gasteiger partial charge in [-0.25, -0.2) is 4.39 Å². The molecule has 106 valence electrons. The van der Waals surface area contributed by atoms with E-state index in [1.165, 1.54) is 31.4 Å². The van der Waals surface area contributed by atoms with Crippen molar-refractivity contribution >= 4 is 0 Å². The normalized spacial score (nSPS) is 20.6. The Labute approximate surface area is 115 Å². The van der Waals surface area contributed by atoms with Crippen LogP contribution >= 0.6 is 0 Å². The summed E-state index contributed by atoms with van der Waals surface area (Å²) in [6.45, 7) is 7.72. The van der Waals surface area contributed by atoms with Crippen molar-refractivity contribution in [2.75, 3.05) is 19.6 Å². The molecule has 0 spiro atoms. The first-order valence-corrected chi connectivity index (χ1v) is 7.32. The lowest BCUT2D eigenvalue weighted by atomic mass is 9.82. The van der Waals surface area contributed by atoms with Gasteiger partial charge in [0, 0.05) is 19.1 Å². The molecule has 3 heteroatoms. The number of hydrogen-bond donors (Lipinski definition) is 1. The molecule has 0 radical (unpaired) electrons. The number of halogens is 1. The van der Waals surface area contributed by atoms with Crippen molar-refractivity contribution in [2.45, 2.75) is 39.2 Å². The summed E-state index contributed by atoms with van der Waals surface area (Å²) >= 11 is 0. The van der Waals surface area contributed by atoms with Crippen LogP contribution in [0.1, 0.15) is 44.7 Å². The molecule has 2 nitrogen and oxygen atoms in total. The monoisotopic (exact) mass is 264 g/mol. The highest BCUT2D eigenvalue weighted by atomic mass is 19.1. The number of likely N-dealkylation sites (tertiary alicyclic amines) is 1. The fourth-order valence-electron chi connectivity index (χ4n) is 3.10. The van der Waals surface area contributed by atoms with Crippen molar-refractivity contribution in [1.29, 1.82) is 0 Å². The van der Waals surface area contributed by atoms with Gasteiger partial charge < -0.3 is 10.6 Å². The van der Waals surface area contributed by atoms with Gasteiger partial charge >= 0.3 is 0 Å². The van der Waals surface area contributed by atoms with Crippen LogP contribution < -0.4 is 5.73 Å². The zero-order valence-electron chi connectivity index (χ0n) is 12.0. The molecule has 1 atom stereocenters. The van der Waals surface area contributed by atoms with Gasteiger partial charge in [0.25, 0.3) is 0 Å². The average Bonchev–Trinajstić information content (AvgIpc) is 2.83. The van der Waals surface area contributed by atoms with Crippen LogP contribution in [-0.2, 0) is 0 Å². The SMILES string of the molecule is CCC1(CC)CCN(CC(N)c2ccc(F)cc2)C1. The summed E-state index contributed by atoms with van der Waals surface area (Å²) in [5.74, 6) is -0.201. The molecule has 0 aromatic heterocycles. The summed E-state index contributed by atoms with van der Waals surface area (Å²) < 4.78 is 12.9. The maximum absolute atomic E-state index is 12.9. The van der Waals surface area contributed by atoms with E-state index in [0.29, 0.717) is 5.41 Å². The molecule has 1 unspecified atom stereocenters. The lowest BCUT2D eigenvalue weighted by Gasteiger charge is -2.27. The fourth-order valence-corrected chi connectivity index (χ4v) is 3.10. The van der Waals surface area contributed by atoms with Crippen LogP contribution in [0.3, 0.4) is 0 Å². The molecule has 2 N–H and O–H groups in total. The summed E-state index contributed by atoms with van der Waals surface area (Å²) in [4.78, 5) is 2.46. The molecule has 0 amide bonds. The van der Waals surface area contributed by atoms with Gasteiger partial charge in [0.15, 0.2) is 0 Å². The molecule has 1 fully saturated rings. The Hall–Kier alpha value is -0.930. The molecule has 1 saturated heterocycles. The van der Waals surface area contributed by atoms with E-state index in [4.69, 9.17) is 5.73 Å². The first-order chi connectivity index (χ1) is 9.08. The summed E-state index contributed by atoms with van der Waals surface area (Å²) in [6.07, 6.45) is 3.76. The standard InChI is InChI=1S/C16H25FN2/c1-3-16(4-2)9-10-19(12-16)11-15(18)13-5-7-14(17)8-6-13/h5-8,15H,3-4,9-12,18H2,1-2H3. The minimum absolute atomic E-state index is 0.0230. The molecule has 19 heavy (non-hydrogen) atoms. The largest absolute Gasteiger partial charge is 0.323 e. The van der Waals surface area contributed by atoms with Crippen molar-refractivity contribution in [3.8, 4) is 0 Å². The van der Waals surface area contributed by atoms with E-state index in [1.54, 1.807) is 12.1 Å². The molecule has 2 rings (SSSR count). The van der Waals surface area contributed by atoms with Crippen LogP contribution in [0.5, 0.6) is 0 Å². The summed E-state index contributed by atoms with van der Waals surface area (Å²) in [5, 5.41) is 0. The van der Waals surface area contributed by atoms with Gasteiger partial charge in [-0.15, -0.1) is 0 Å².